The average Bonchev–Trinajstić information content (AvgIpc) is 3.09. The maximum Gasteiger partial charge on any atom is 0.259 e. The zero-order valence-corrected chi connectivity index (χ0v) is 30.6. The molecule has 5 rings (SSSR count). The lowest BCUT2D eigenvalue weighted by Crippen LogP contribution is -2.34. The van der Waals surface area contributed by atoms with Gasteiger partial charge in [-0.1, -0.05) is 45.4 Å². The number of unbranched alkanes of at least 4 members (excludes halogenated alkanes) is 6. The largest absolute Gasteiger partial charge is 0.507 e. The fourth-order valence-corrected chi connectivity index (χ4v) is 6.11. The van der Waals surface area contributed by atoms with Crippen molar-refractivity contribution in [2.75, 3.05) is 51.9 Å². The van der Waals surface area contributed by atoms with Crippen molar-refractivity contribution in [3.05, 3.63) is 48.0 Å². The van der Waals surface area contributed by atoms with Crippen LogP contribution >= 0.6 is 0 Å². The number of nitrogens with one attached hydrogen (secondary N) is 3. The Morgan fingerprint density at radius 3 is 1.73 bits per heavy atom. The lowest BCUT2D eigenvalue weighted by atomic mass is 10.1. The molecule has 16 N–H and O–H groups in total. The van der Waals surface area contributed by atoms with Crippen molar-refractivity contribution >= 4 is 46.7 Å². The molecule has 0 aliphatic carbocycles. The van der Waals surface area contributed by atoms with Crippen molar-refractivity contribution in [2.45, 2.75) is 96.8 Å². The van der Waals surface area contributed by atoms with Crippen molar-refractivity contribution in [3.63, 3.8) is 0 Å². The Kier molecular flexibility index (Phi) is 20.1. The molecule has 2 amide bonds. The number of aromatic hydroxyl groups is 1. The van der Waals surface area contributed by atoms with Crippen LogP contribution in [0.5, 0.6) is 5.75 Å². The molecular formula is C36H70N12O3. The van der Waals surface area contributed by atoms with Crippen molar-refractivity contribution in [2.24, 2.45) is 0 Å². The maximum atomic E-state index is 13.0. The zero-order chi connectivity index (χ0) is 32.8. The van der Waals surface area contributed by atoms with Gasteiger partial charge in [0.1, 0.15) is 5.75 Å². The number of carbonyl (C=O) groups excluding carboxylic acids is 2. The first-order valence-electron chi connectivity index (χ1n) is 17.6. The number of aromatic nitrogens is 3. The van der Waals surface area contributed by atoms with Crippen molar-refractivity contribution in [1.82, 2.24) is 39.6 Å². The van der Waals surface area contributed by atoms with E-state index in [1.807, 2.05) is 12.1 Å². The summed E-state index contributed by atoms with van der Waals surface area (Å²) < 4.78 is 0. The van der Waals surface area contributed by atoms with E-state index in [1.54, 1.807) is 18.2 Å². The standard InChI is InChI=1S/C36H50N8O3.4H3N.4H2/c1-2-3-4-5-6-7-10-15-32(46)37-29-20-21-30(31(45)26-29)33(47)38-27-16-18-28(19-17-27)39-34-40-35(43-22-11-8-12-23-43)42-36(41-34)44-24-13-9-14-25-44;;;;;;;;/h16-21,26,45H,2-15,22-25H2,1H3,(H,37,46)(H,38,47)(H,39,40,41,42);4*1H3;4*1H. The van der Waals surface area contributed by atoms with E-state index in [-0.39, 0.29) is 47.5 Å². The number of amides is 2. The number of piperidine rings is 2. The molecule has 15 heteroatoms. The van der Waals surface area contributed by atoms with Gasteiger partial charge in [-0.25, -0.2) is 0 Å². The van der Waals surface area contributed by atoms with Crippen LogP contribution in [0.4, 0.5) is 34.9 Å². The number of benzene rings is 2. The van der Waals surface area contributed by atoms with Crippen LogP contribution in [0.1, 0.15) is 113 Å². The molecule has 0 radical (unpaired) electrons. The van der Waals surface area contributed by atoms with Gasteiger partial charge in [-0.2, -0.15) is 15.0 Å². The van der Waals surface area contributed by atoms with E-state index in [4.69, 9.17) is 15.0 Å². The maximum absolute atomic E-state index is 13.0. The number of carbonyl (C=O) groups is 2. The van der Waals surface area contributed by atoms with Crippen molar-refractivity contribution in [1.29, 1.82) is 0 Å². The molecule has 0 atom stereocenters. The number of hydrogen-bond acceptors (Lipinski definition) is 13. The third-order valence-corrected chi connectivity index (χ3v) is 8.82. The summed E-state index contributed by atoms with van der Waals surface area (Å²) in [5.41, 5.74) is 1.94. The number of nitrogens with zero attached hydrogens (tertiary/aromatic N) is 5. The van der Waals surface area contributed by atoms with Crippen LogP contribution in [0.15, 0.2) is 42.5 Å². The Bertz CT molecular complexity index is 1450. The Labute approximate surface area is 309 Å². The second-order valence-corrected chi connectivity index (χ2v) is 12.7. The molecule has 3 heterocycles. The molecule has 51 heavy (non-hydrogen) atoms. The topological polar surface area (TPSA) is 276 Å². The van der Waals surface area contributed by atoms with Crippen LogP contribution in [0.2, 0.25) is 0 Å². The molecule has 0 spiro atoms. The summed E-state index contributed by atoms with van der Waals surface area (Å²) in [5, 5.41) is 19.6. The molecular weight excluding hydrogens is 648 g/mol. The van der Waals surface area contributed by atoms with Gasteiger partial charge < -0.3 is 55.5 Å². The molecule has 0 unspecified atom stereocenters. The minimum Gasteiger partial charge on any atom is -0.507 e. The lowest BCUT2D eigenvalue weighted by molar-refractivity contribution is -0.116. The Morgan fingerprint density at radius 1 is 0.667 bits per heavy atom. The molecule has 3 aromatic rings. The van der Waals surface area contributed by atoms with E-state index in [2.05, 4.69) is 32.7 Å². The highest BCUT2D eigenvalue weighted by atomic mass is 16.3. The smallest absolute Gasteiger partial charge is 0.259 e. The van der Waals surface area contributed by atoms with Crippen LogP contribution in [-0.4, -0.2) is 58.1 Å². The highest BCUT2D eigenvalue weighted by molar-refractivity contribution is 6.06. The number of phenolic OH excluding ortho intramolecular Hbond substituents is 1. The molecule has 0 bridgehead atoms. The van der Waals surface area contributed by atoms with E-state index in [9.17, 15) is 14.7 Å². The first-order chi connectivity index (χ1) is 23.0. The Morgan fingerprint density at radius 2 is 1.18 bits per heavy atom. The summed E-state index contributed by atoms with van der Waals surface area (Å²) in [4.78, 5) is 44.2. The van der Waals surface area contributed by atoms with Crippen LogP contribution in [0.25, 0.3) is 0 Å². The predicted molar refractivity (Wildman–Crippen MR) is 218 cm³/mol. The molecule has 0 saturated carbocycles. The average molecular weight is 719 g/mol. The summed E-state index contributed by atoms with van der Waals surface area (Å²) in [6, 6.07) is 11.8. The highest BCUT2D eigenvalue weighted by Crippen LogP contribution is 2.26. The van der Waals surface area contributed by atoms with E-state index < -0.39 is 5.91 Å². The van der Waals surface area contributed by atoms with Gasteiger partial charge in [0.05, 0.1) is 5.56 Å². The van der Waals surface area contributed by atoms with Gasteiger partial charge in [-0.05, 0) is 81.3 Å². The van der Waals surface area contributed by atoms with E-state index >= 15 is 0 Å². The molecule has 1 aromatic heterocycles. The minimum atomic E-state index is -0.445. The first kappa shape index (κ1) is 44.5. The monoisotopic (exact) mass is 719 g/mol. The predicted octanol–water partition coefficient (Wildman–Crippen LogP) is 9.26. The Balaban J connectivity index is -0.00000163. The van der Waals surface area contributed by atoms with Gasteiger partial charge in [-0.15, -0.1) is 0 Å². The van der Waals surface area contributed by atoms with Gasteiger partial charge in [0.25, 0.3) is 5.91 Å². The quantitative estimate of drug-likeness (QED) is 0.0681. The van der Waals surface area contributed by atoms with Gasteiger partial charge in [-0.3, -0.25) is 9.59 Å². The van der Waals surface area contributed by atoms with Gasteiger partial charge in [0.15, 0.2) is 0 Å². The number of hydrogen-bond donors (Lipinski definition) is 8. The molecule has 2 aromatic carbocycles. The van der Waals surface area contributed by atoms with E-state index in [1.165, 1.54) is 50.7 Å². The normalized spacial score (nSPS) is 13.7. The van der Waals surface area contributed by atoms with Crippen LogP contribution < -0.4 is 50.4 Å². The van der Waals surface area contributed by atoms with E-state index in [0.29, 0.717) is 35.6 Å². The number of rotatable bonds is 15. The third-order valence-electron chi connectivity index (χ3n) is 8.82. The number of phenols is 1. The lowest BCUT2D eigenvalue weighted by Gasteiger charge is -2.30. The summed E-state index contributed by atoms with van der Waals surface area (Å²) in [6.07, 6.45) is 15.4. The molecule has 15 nitrogen and oxygen atoms in total. The summed E-state index contributed by atoms with van der Waals surface area (Å²) in [5.74, 6) is 1.19. The zero-order valence-electron chi connectivity index (χ0n) is 30.6. The minimum absolute atomic E-state index is 0. The second kappa shape index (κ2) is 23.0. The molecule has 2 aliphatic heterocycles. The van der Waals surface area contributed by atoms with E-state index in [0.717, 1.165) is 76.8 Å². The third kappa shape index (κ3) is 13.6. The SMILES string of the molecule is CCCCCCCCCC(=O)Nc1ccc(C(=O)Nc2ccc(Nc3nc(N4CCCCC4)nc(N4CCCCC4)n3)cc2)c(O)c1.N.N.N.N.[HH].[HH].[HH].[HH]. The van der Waals surface area contributed by atoms with Crippen molar-refractivity contribution < 1.29 is 20.4 Å². The van der Waals surface area contributed by atoms with Gasteiger partial charge in [0.2, 0.25) is 23.8 Å². The van der Waals surface area contributed by atoms with Crippen molar-refractivity contribution in [3.8, 4) is 5.75 Å². The fraction of sp³-hybridized carbons (Fsp3) is 0.528. The Hall–Kier alpha value is -4.57. The molecule has 2 saturated heterocycles. The van der Waals surface area contributed by atoms with Gasteiger partial charge >= 0.3 is 0 Å². The first-order valence-corrected chi connectivity index (χ1v) is 17.6. The highest BCUT2D eigenvalue weighted by Gasteiger charge is 2.21. The van der Waals surface area contributed by atoms with Gasteiger partial charge in [0, 0.05) is 61.4 Å². The fourth-order valence-electron chi connectivity index (χ4n) is 6.11. The second-order valence-electron chi connectivity index (χ2n) is 12.7. The molecule has 2 fully saturated rings. The van der Waals surface area contributed by atoms with Crippen LogP contribution in [-0.2, 0) is 4.79 Å². The van der Waals surface area contributed by atoms with Crippen LogP contribution in [0, 0.1) is 0 Å². The molecule has 292 valence electrons. The summed E-state index contributed by atoms with van der Waals surface area (Å²) in [6.45, 7) is 5.99. The summed E-state index contributed by atoms with van der Waals surface area (Å²) in [7, 11) is 0. The summed E-state index contributed by atoms with van der Waals surface area (Å²) >= 11 is 0. The number of anilines is 6. The van der Waals surface area contributed by atoms with Crippen LogP contribution in [0.3, 0.4) is 0 Å². The molecule has 2 aliphatic rings.